The summed E-state index contributed by atoms with van der Waals surface area (Å²) in [6.07, 6.45) is 2.35. The highest BCUT2D eigenvalue weighted by atomic mass is 16.5. The molecule has 3 nitrogen and oxygen atoms in total. The van der Waals surface area contributed by atoms with Crippen molar-refractivity contribution in [3.05, 3.63) is 29.8 Å². The van der Waals surface area contributed by atoms with E-state index in [9.17, 15) is 4.79 Å². The first-order valence-electron chi connectivity index (χ1n) is 6.49. The molecule has 0 fully saturated rings. The molecule has 0 heterocycles. The Labute approximate surface area is 109 Å². The predicted octanol–water partition coefficient (Wildman–Crippen LogP) is 3.84. The van der Waals surface area contributed by atoms with Gasteiger partial charge in [0.15, 0.2) is 0 Å². The zero-order valence-electron chi connectivity index (χ0n) is 11.3. The molecule has 1 N–H and O–H groups in total. The molecule has 0 aromatic heterocycles. The standard InChI is InChI=1S/C15H22O3/c1-4-11(2)9-12(3)10-18-14-7-5-13(6-8-14)15(16)17/h5-8,11-12H,4,9-10H2,1-3H3,(H,16,17). The van der Waals surface area contributed by atoms with Crippen molar-refractivity contribution < 1.29 is 14.6 Å². The van der Waals surface area contributed by atoms with E-state index in [1.165, 1.54) is 6.42 Å². The smallest absolute Gasteiger partial charge is 0.335 e. The number of hydrogen-bond donors (Lipinski definition) is 1. The summed E-state index contributed by atoms with van der Waals surface area (Å²) >= 11 is 0. The molecule has 1 aromatic rings. The van der Waals surface area contributed by atoms with Crippen LogP contribution in [0.2, 0.25) is 0 Å². The quantitative estimate of drug-likeness (QED) is 0.799. The molecule has 1 aromatic carbocycles. The summed E-state index contributed by atoms with van der Waals surface area (Å²) in [4.78, 5) is 10.7. The zero-order chi connectivity index (χ0) is 13.5. The minimum Gasteiger partial charge on any atom is -0.493 e. The van der Waals surface area contributed by atoms with Gasteiger partial charge in [-0.3, -0.25) is 0 Å². The number of rotatable bonds is 7. The number of benzene rings is 1. The Hall–Kier alpha value is -1.51. The van der Waals surface area contributed by atoms with E-state index in [0.717, 1.165) is 18.1 Å². The van der Waals surface area contributed by atoms with Crippen molar-refractivity contribution in [2.45, 2.75) is 33.6 Å². The summed E-state index contributed by atoms with van der Waals surface area (Å²) in [5.74, 6) is 1.06. The van der Waals surface area contributed by atoms with Gasteiger partial charge in [-0.05, 0) is 42.5 Å². The van der Waals surface area contributed by atoms with Gasteiger partial charge in [0.1, 0.15) is 5.75 Å². The first-order chi connectivity index (χ1) is 8.52. The minimum absolute atomic E-state index is 0.287. The molecular weight excluding hydrogens is 228 g/mol. The summed E-state index contributed by atoms with van der Waals surface area (Å²) in [6, 6.07) is 6.55. The predicted molar refractivity (Wildman–Crippen MR) is 72.1 cm³/mol. The Morgan fingerprint density at radius 1 is 1.22 bits per heavy atom. The summed E-state index contributed by atoms with van der Waals surface area (Å²) in [7, 11) is 0. The monoisotopic (exact) mass is 250 g/mol. The average molecular weight is 250 g/mol. The molecule has 0 spiro atoms. The lowest BCUT2D eigenvalue weighted by molar-refractivity contribution is 0.0697. The second-order valence-electron chi connectivity index (χ2n) is 4.99. The van der Waals surface area contributed by atoms with Crippen LogP contribution in [0.1, 0.15) is 44.0 Å². The van der Waals surface area contributed by atoms with Crippen LogP contribution in [0.5, 0.6) is 5.75 Å². The molecule has 18 heavy (non-hydrogen) atoms. The van der Waals surface area contributed by atoms with Gasteiger partial charge in [0, 0.05) is 0 Å². The maximum Gasteiger partial charge on any atom is 0.335 e. The molecule has 3 heteroatoms. The van der Waals surface area contributed by atoms with Crippen LogP contribution in [-0.2, 0) is 0 Å². The van der Waals surface area contributed by atoms with Crippen LogP contribution < -0.4 is 4.74 Å². The normalized spacial score (nSPS) is 13.9. The fraction of sp³-hybridized carbons (Fsp3) is 0.533. The average Bonchev–Trinajstić information content (AvgIpc) is 2.36. The highest BCUT2D eigenvalue weighted by Gasteiger charge is 2.08. The first-order valence-corrected chi connectivity index (χ1v) is 6.49. The minimum atomic E-state index is -0.910. The fourth-order valence-corrected chi connectivity index (χ4v) is 1.85. The molecule has 0 saturated heterocycles. The SMILES string of the molecule is CCC(C)CC(C)COc1ccc(C(=O)O)cc1. The van der Waals surface area contributed by atoms with Crippen molar-refractivity contribution in [3.8, 4) is 5.75 Å². The molecule has 0 aliphatic rings. The highest BCUT2D eigenvalue weighted by molar-refractivity contribution is 5.87. The molecule has 0 bridgehead atoms. The zero-order valence-corrected chi connectivity index (χ0v) is 11.3. The second kappa shape index (κ2) is 7.04. The summed E-state index contributed by atoms with van der Waals surface area (Å²) in [6.45, 7) is 7.30. The molecule has 0 aliphatic heterocycles. The van der Waals surface area contributed by atoms with Crippen molar-refractivity contribution in [1.29, 1.82) is 0 Å². The van der Waals surface area contributed by atoms with E-state index in [1.54, 1.807) is 24.3 Å². The van der Waals surface area contributed by atoms with Crippen LogP contribution in [-0.4, -0.2) is 17.7 Å². The van der Waals surface area contributed by atoms with E-state index < -0.39 is 5.97 Å². The Morgan fingerprint density at radius 2 is 1.83 bits per heavy atom. The number of carboxylic acid groups (broad SMARTS) is 1. The first kappa shape index (κ1) is 14.6. The Balaban J connectivity index is 2.41. The van der Waals surface area contributed by atoms with Gasteiger partial charge in [-0.1, -0.05) is 27.2 Å². The van der Waals surface area contributed by atoms with Gasteiger partial charge in [0.05, 0.1) is 12.2 Å². The maximum atomic E-state index is 10.7. The summed E-state index contributed by atoms with van der Waals surface area (Å²) in [5.41, 5.74) is 0.287. The largest absolute Gasteiger partial charge is 0.493 e. The third kappa shape index (κ3) is 4.78. The second-order valence-corrected chi connectivity index (χ2v) is 4.99. The lowest BCUT2D eigenvalue weighted by Crippen LogP contribution is -2.12. The molecule has 0 saturated carbocycles. The van der Waals surface area contributed by atoms with Gasteiger partial charge in [0.25, 0.3) is 0 Å². The van der Waals surface area contributed by atoms with Crippen molar-refractivity contribution in [2.75, 3.05) is 6.61 Å². The third-order valence-electron chi connectivity index (χ3n) is 3.14. The van der Waals surface area contributed by atoms with Crippen LogP contribution in [0.3, 0.4) is 0 Å². The molecule has 0 radical (unpaired) electrons. The van der Waals surface area contributed by atoms with Gasteiger partial charge in [-0.15, -0.1) is 0 Å². The van der Waals surface area contributed by atoms with Crippen molar-refractivity contribution >= 4 is 5.97 Å². The number of hydrogen-bond acceptors (Lipinski definition) is 2. The van der Waals surface area contributed by atoms with Gasteiger partial charge < -0.3 is 9.84 Å². The van der Waals surface area contributed by atoms with Crippen molar-refractivity contribution in [2.24, 2.45) is 11.8 Å². The molecular formula is C15H22O3. The Kier molecular flexibility index (Phi) is 5.69. The molecule has 0 amide bonds. The van der Waals surface area contributed by atoms with E-state index in [-0.39, 0.29) is 5.56 Å². The van der Waals surface area contributed by atoms with E-state index in [2.05, 4.69) is 20.8 Å². The number of aromatic carboxylic acids is 1. The molecule has 1 rings (SSSR count). The number of ether oxygens (including phenoxy) is 1. The van der Waals surface area contributed by atoms with Crippen LogP contribution >= 0.6 is 0 Å². The van der Waals surface area contributed by atoms with Gasteiger partial charge in [0.2, 0.25) is 0 Å². The van der Waals surface area contributed by atoms with Gasteiger partial charge in [-0.2, -0.15) is 0 Å². The van der Waals surface area contributed by atoms with Crippen LogP contribution in [0.4, 0.5) is 0 Å². The van der Waals surface area contributed by atoms with E-state index >= 15 is 0 Å². The lowest BCUT2D eigenvalue weighted by Gasteiger charge is -2.16. The summed E-state index contributed by atoms with van der Waals surface area (Å²) < 4.78 is 5.65. The fourth-order valence-electron chi connectivity index (χ4n) is 1.85. The van der Waals surface area contributed by atoms with Crippen LogP contribution in [0.15, 0.2) is 24.3 Å². The highest BCUT2D eigenvalue weighted by Crippen LogP contribution is 2.17. The maximum absolute atomic E-state index is 10.7. The lowest BCUT2D eigenvalue weighted by atomic mass is 9.96. The number of carboxylic acids is 1. The number of carbonyl (C=O) groups is 1. The third-order valence-corrected chi connectivity index (χ3v) is 3.14. The van der Waals surface area contributed by atoms with E-state index in [1.807, 2.05) is 0 Å². The van der Waals surface area contributed by atoms with E-state index in [4.69, 9.17) is 9.84 Å². The van der Waals surface area contributed by atoms with Crippen LogP contribution in [0.25, 0.3) is 0 Å². The molecule has 2 atom stereocenters. The molecule has 100 valence electrons. The molecule has 2 unspecified atom stereocenters. The van der Waals surface area contributed by atoms with Crippen molar-refractivity contribution in [1.82, 2.24) is 0 Å². The van der Waals surface area contributed by atoms with E-state index in [0.29, 0.717) is 12.5 Å². The van der Waals surface area contributed by atoms with Crippen molar-refractivity contribution in [3.63, 3.8) is 0 Å². The summed E-state index contributed by atoms with van der Waals surface area (Å²) in [5, 5.41) is 8.78. The molecule has 0 aliphatic carbocycles. The Morgan fingerprint density at radius 3 is 2.33 bits per heavy atom. The van der Waals surface area contributed by atoms with Crippen LogP contribution in [0, 0.1) is 11.8 Å². The van der Waals surface area contributed by atoms with Gasteiger partial charge >= 0.3 is 5.97 Å². The topological polar surface area (TPSA) is 46.5 Å². The Bertz CT molecular complexity index is 370. The van der Waals surface area contributed by atoms with Gasteiger partial charge in [-0.25, -0.2) is 4.79 Å².